The second-order valence-corrected chi connectivity index (χ2v) is 5.32. The Labute approximate surface area is 110 Å². The molecule has 1 aliphatic rings. The van der Waals surface area contributed by atoms with Gasteiger partial charge in [-0.3, -0.25) is 4.79 Å². The molecule has 1 aromatic carbocycles. The third-order valence-electron chi connectivity index (χ3n) is 2.96. The Morgan fingerprint density at radius 1 is 1.47 bits per heavy atom. The molecule has 2 rings (SSSR count). The summed E-state index contributed by atoms with van der Waals surface area (Å²) in [5, 5.41) is 2.88. The highest BCUT2D eigenvalue weighted by molar-refractivity contribution is 9.10. The van der Waals surface area contributed by atoms with Gasteiger partial charge in [0.2, 0.25) is 0 Å². The zero-order valence-electron chi connectivity index (χ0n) is 10.00. The quantitative estimate of drug-likeness (QED) is 0.910. The summed E-state index contributed by atoms with van der Waals surface area (Å²) in [5.41, 5.74) is 1.95. The highest BCUT2D eigenvalue weighted by Crippen LogP contribution is 2.23. The van der Waals surface area contributed by atoms with Crippen LogP contribution in [0.5, 0.6) is 0 Å². The summed E-state index contributed by atoms with van der Waals surface area (Å²) < 4.78 is 6.52. The average molecular weight is 298 g/mol. The molecule has 0 spiro atoms. The number of aryl methyl sites for hydroxylation is 1. The highest BCUT2D eigenvalue weighted by Gasteiger charge is 2.28. The molecule has 4 heteroatoms. The summed E-state index contributed by atoms with van der Waals surface area (Å²) in [7, 11) is 0. The van der Waals surface area contributed by atoms with Gasteiger partial charge in [0.05, 0.1) is 6.10 Å². The fourth-order valence-corrected chi connectivity index (χ4v) is 2.27. The molecule has 2 atom stereocenters. The molecule has 92 valence electrons. The maximum absolute atomic E-state index is 11.9. The SMILES string of the molecule is Cc1ccc(NC(=O)C2CCC(C)O2)cc1Br. The van der Waals surface area contributed by atoms with Crippen molar-refractivity contribution in [2.24, 2.45) is 0 Å². The van der Waals surface area contributed by atoms with E-state index in [4.69, 9.17) is 4.74 Å². The maximum Gasteiger partial charge on any atom is 0.253 e. The molecule has 17 heavy (non-hydrogen) atoms. The molecule has 1 aliphatic heterocycles. The van der Waals surface area contributed by atoms with Gasteiger partial charge in [0.1, 0.15) is 6.10 Å². The number of hydrogen-bond donors (Lipinski definition) is 1. The van der Waals surface area contributed by atoms with Crippen molar-refractivity contribution in [3.8, 4) is 0 Å². The Bertz CT molecular complexity index is 433. The van der Waals surface area contributed by atoms with Crippen LogP contribution in [0.25, 0.3) is 0 Å². The lowest BCUT2D eigenvalue weighted by molar-refractivity contribution is -0.126. The van der Waals surface area contributed by atoms with Gasteiger partial charge in [-0.2, -0.15) is 0 Å². The molecule has 0 radical (unpaired) electrons. The fraction of sp³-hybridized carbons (Fsp3) is 0.462. The lowest BCUT2D eigenvalue weighted by Gasteiger charge is -2.12. The summed E-state index contributed by atoms with van der Waals surface area (Å²) >= 11 is 3.45. The van der Waals surface area contributed by atoms with E-state index in [0.717, 1.165) is 28.6 Å². The molecule has 0 saturated carbocycles. The maximum atomic E-state index is 11.9. The number of carbonyl (C=O) groups excluding carboxylic acids is 1. The topological polar surface area (TPSA) is 38.3 Å². The number of amides is 1. The van der Waals surface area contributed by atoms with E-state index in [9.17, 15) is 4.79 Å². The molecule has 3 nitrogen and oxygen atoms in total. The van der Waals surface area contributed by atoms with E-state index >= 15 is 0 Å². The number of benzene rings is 1. The second kappa shape index (κ2) is 5.19. The minimum atomic E-state index is -0.301. The van der Waals surface area contributed by atoms with Crippen molar-refractivity contribution in [1.82, 2.24) is 0 Å². The first-order valence-corrected chi connectivity index (χ1v) is 6.58. The molecule has 0 bridgehead atoms. The highest BCUT2D eigenvalue weighted by atomic mass is 79.9. The van der Waals surface area contributed by atoms with E-state index in [1.165, 1.54) is 0 Å². The molecule has 1 N–H and O–H groups in total. The number of nitrogens with one attached hydrogen (secondary N) is 1. The monoisotopic (exact) mass is 297 g/mol. The minimum absolute atomic E-state index is 0.0508. The molecule has 1 amide bonds. The first-order chi connectivity index (χ1) is 8.06. The van der Waals surface area contributed by atoms with Crippen LogP contribution >= 0.6 is 15.9 Å². The smallest absolute Gasteiger partial charge is 0.253 e. The molecule has 1 saturated heterocycles. The van der Waals surface area contributed by atoms with Gasteiger partial charge in [-0.1, -0.05) is 22.0 Å². The van der Waals surface area contributed by atoms with Crippen molar-refractivity contribution in [2.75, 3.05) is 5.32 Å². The number of hydrogen-bond acceptors (Lipinski definition) is 2. The van der Waals surface area contributed by atoms with Gasteiger partial charge in [0.15, 0.2) is 0 Å². The predicted octanol–water partition coefficient (Wildman–Crippen LogP) is 3.26. The summed E-state index contributed by atoms with van der Waals surface area (Å²) in [6.45, 7) is 4.01. The van der Waals surface area contributed by atoms with Crippen molar-refractivity contribution >= 4 is 27.5 Å². The van der Waals surface area contributed by atoms with Gasteiger partial charge in [-0.05, 0) is 44.4 Å². The summed E-state index contributed by atoms with van der Waals surface area (Å²) in [6.07, 6.45) is 1.65. The van der Waals surface area contributed by atoms with Crippen LogP contribution in [0, 0.1) is 6.92 Å². The van der Waals surface area contributed by atoms with Crippen LogP contribution in [0.2, 0.25) is 0 Å². The van der Waals surface area contributed by atoms with Crippen LogP contribution in [0.15, 0.2) is 22.7 Å². The van der Waals surface area contributed by atoms with Crippen molar-refractivity contribution in [3.63, 3.8) is 0 Å². The van der Waals surface area contributed by atoms with Crippen molar-refractivity contribution < 1.29 is 9.53 Å². The van der Waals surface area contributed by atoms with Gasteiger partial charge in [-0.15, -0.1) is 0 Å². The first kappa shape index (κ1) is 12.6. The van der Waals surface area contributed by atoms with Gasteiger partial charge in [-0.25, -0.2) is 0 Å². The normalized spacial score (nSPS) is 23.7. The van der Waals surface area contributed by atoms with Gasteiger partial charge in [0, 0.05) is 10.2 Å². The zero-order chi connectivity index (χ0) is 12.4. The van der Waals surface area contributed by atoms with Crippen LogP contribution in [-0.4, -0.2) is 18.1 Å². The number of halogens is 1. The Morgan fingerprint density at radius 3 is 2.82 bits per heavy atom. The molecule has 1 heterocycles. The number of anilines is 1. The van der Waals surface area contributed by atoms with Crippen LogP contribution in [0.4, 0.5) is 5.69 Å². The lowest BCUT2D eigenvalue weighted by atomic mass is 10.2. The minimum Gasteiger partial charge on any atom is -0.365 e. The predicted molar refractivity (Wildman–Crippen MR) is 71.1 cm³/mol. The number of carbonyl (C=O) groups is 1. The molecule has 1 fully saturated rings. The average Bonchev–Trinajstić information content (AvgIpc) is 2.70. The first-order valence-electron chi connectivity index (χ1n) is 5.79. The molecule has 1 aromatic rings. The number of ether oxygens (including phenoxy) is 1. The van der Waals surface area contributed by atoms with Gasteiger partial charge >= 0.3 is 0 Å². The third kappa shape index (κ3) is 3.07. The van der Waals surface area contributed by atoms with Crippen LogP contribution in [0.3, 0.4) is 0 Å². The third-order valence-corrected chi connectivity index (χ3v) is 3.82. The van der Waals surface area contributed by atoms with Gasteiger partial charge < -0.3 is 10.1 Å². The van der Waals surface area contributed by atoms with E-state index < -0.39 is 0 Å². The molecular formula is C13H16BrNO2. The van der Waals surface area contributed by atoms with Crippen LogP contribution in [-0.2, 0) is 9.53 Å². The van der Waals surface area contributed by atoms with Crippen LogP contribution in [0.1, 0.15) is 25.3 Å². The van der Waals surface area contributed by atoms with E-state index in [-0.39, 0.29) is 18.1 Å². The Kier molecular flexibility index (Phi) is 3.84. The summed E-state index contributed by atoms with van der Waals surface area (Å²) in [4.78, 5) is 11.9. The van der Waals surface area contributed by atoms with E-state index in [1.807, 2.05) is 32.0 Å². The largest absolute Gasteiger partial charge is 0.365 e. The van der Waals surface area contributed by atoms with Crippen molar-refractivity contribution in [3.05, 3.63) is 28.2 Å². The Balaban J connectivity index is 2.00. The van der Waals surface area contributed by atoms with E-state index in [2.05, 4.69) is 21.2 Å². The summed E-state index contributed by atoms with van der Waals surface area (Å²) in [5.74, 6) is -0.0508. The van der Waals surface area contributed by atoms with Crippen molar-refractivity contribution in [1.29, 1.82) is 0 Å². The Hall–Kier alpha value is -0.870. The standard InChI is InChI=1S/C13H16BrNO2/c1-8-3-5-10(7-11(8)14)15-13(16)12-6-4-9(2)17-12/h3,5,7,9,12H,4,6H2,1-2H3,(H,15,16). The molecular weight excluding hydrogens is 282 g/mol. The van der Waals surface area contributed by atoms with Crippen LogP contribution < -0.4 is 5.32 Å². The molecule has 0 aromatic heterocycles. The second-order valence-electron chi connectivity index (χ2n) is 4.47. The zero-order valence-corrected chi connectivity index (χ0v) is 11.6. The van der Waals surface area contributed by atoms with E-state index in [1.54, 1.807) is 0 Å². The number of rotatable bonds is 2. The lowest BCUT2D eigenvalue weighted by Crippen LogP contribution is -2.27. The fourth-order valence-electron chi connectivity index (χ4n) is 1.89. The summed E-state index contributed by atoms with van der Waals surface area (Å²) in [6, 6.07) is 5.78. The van der Waals surface area contributed by atoms with Crippen molar-refractivity contribution in [2.45, 2.75) is 38.9 Å². The van der Waals surface area contributed by atoms with E-state index in [0.29, 0.717) is 0 Å². The molecule has 2 unspecified atom stereocenters. The molecule has 0 aliphatic carbocycles. The van der Waals surface area contributed by atoms with Gasteiger partial charge in [0.25, 0.3) is 5.91 Å². The Morgan fingerprint density at radius 2 is 2.24 bits per heavy atom.